The number of hydrogen-bond acceptors (Lipinski definition) is 3. The van der Waals surface area contributed by atoms with Crippen LogP contribution in [-0.4, -0.2) is 37.6 Å². The zero-order valence-electron chi connectivity index (χ0n) is 12.2. The number of allylic oxidation sites excluding steroid dienone is 2. The third kappa shape index (κ3) is 6.19. The van der Waals surface area contributed by atoms with Gasteiger partial charge in [0.2, 0.25) is 0 Å². The quantitative estimate of drug-likeness (QED) is 0.742. The highest BCUT2D eigenvalue weighted by Crippen LogP contribution is 2.15. The molecule has 0 radical (unpaired) electrons. The number of rotatable bonds is 1. The summed E-state index contributed by atoms with van der Waals surface area (Å²) in [5.41, 5.74) is 1.14. The van der Waals surface area contributed by atoms with Crippen molar-refractivity contribution >= 4 is 0 Å². The number of aliphatic hydroxyl groups is 1. The standard InChI is InChI=1S/C16H26O3/c1-13-11-14(2)16(17)15(18-3)9-7-5-4-6-8-10-19-12-13/h6-9,11,14-17H,4-5,10,12H2,1-3H3/t14-,15+,16+/m1/s1. The minimum atomic E-state index is -0.533. The Labute approximate surface area is 116 Å². The Morgan fingerprint density at radius 3 is 2.74 bits per heavy atom. The number of hydrogen-bond donors (Lipinski definition) is 1. The second kappa shape index (κ2) is 9.08. The second-order valence-electron chi connectivity index (χ2n) is 5.06. The van der Waals surface area contributed by atoms with Gasteiger partial charge in [0.15, 0.2) is 0 Å². The van der Waals surface area contributed by atoms with Gasteiger partial charge in [0.1, 0.15) is 6.10 Å². The van der Waals surface area contributed by atoms with Gasteiger partial charge in [-0.1, -0.05) is 42.9 Å². The lowest BCUT2D eigenvalue weighted by molar-refractivity contribution is -0.00198. The number of aliphatic hydroxyl groups excluding tert-OH is 1. The van der Waals surface area contributed by atoms with E-state index in [1.54, 1.807) is 7.11 Å². The van der Waals surface area contributed by atoms with Gasteiger partial charge in [0, 0.05) is 13.0 Å². The van der Waals surface area contributed by atoms with Gasteiger partial charge in [-0.05, 0) is 19.8 Å². The van der Waals surface area contributed by atoms with Crippen molar-refractivity contribution < 1.29 is 14.6 Å². The minimum absolute atomic E-state index is 0.0386. The van der Waals surface area contributed by atoms with Crippen molar-refractivity contribution in [3.05, 3.63) is 36.0 Å². The Morgan fingerprint density at radius 2 is 2.00 bits per heavy atom. The van der Waals surface area contributed by atoms with Crippen LogP contribution in [0, 0.1) is 5.92 Å². The molecule has 3 nitrogen and oxygen atoms in total. The predicted molar refractivity (Wildman–Crippen MR) is 78.1 cm³/mol. The Balaban J connectivity index is 2.77. The van der Waals surface area contributed by atoms with Crippen molar-refractivity contribution in [3.63, 3.8) is 0 Å². The van der Waals surface area contributed by atoms with E-state index < -0.39 is 6.10 Å². The molecular weight excluding hydrogens is 240 g/mol. The van der Waals surface area contributed by atoms with E-state index in [2.05, 4.69) is 24.3 Å². The molecule has 108 valence electrons. The van der Waals surface area contributed by atoms with Gasteiger partial charge in [-0.3, -0.25) is 0 Å². The first-order valence-corrected chi connectivity index (χ1v) is 6.92. The van der Waals surface area contributed by atoms with Gasteiger partial charge >= 0.3 is 0 Å². The SMILES string of the molecule is CO[C@H]1C=CCCC=CCOCC(C)=C[C@@H](C)[C@@H]1O. The zero-order valence-corrected chi connectivity index (χ0v) is 12.2. The molecule has 1 aliphatic heterocycles. The molecule has 3 heteroatoms. The fourth-order valence-corrected chi connectivity index (χ4v) is 2.12. The summed E-state index contributed by atoms with van der Waals surface area (Å²) < 4.78 is 10.9. The van der Waals surface area contributed by atoms with Crippen molar-refractivity contribution in [1.29, 1.82) is 0 Å². The molecule has 1 heterocycles. The molecule has 19 heavy (non-hydrogen) atoms. The fourth-order valence-electron chi connectivity index (χ4n) is 2.12. The lowest BCUT2D eigenvalue weighted by atomic mass is 9.96. The van der Waals surface area contributed by atoms with Gasteiger partial charge in [-0.25, -0.2) is 0 Å². The highest BCUT2D eigenvalue weighted by molar-refractivity contribution is 5.06. The summed E-state index contributed by atoms with van der Waals surface area (Å²) in [6, 6.07) is 0. The van der Waals surface area contributed by atoms with Crippen LogP contribution in [0.3, 0.4) is 0 Å². The lowest BCUT2D eigenvalue weighted by Gasteiger charge is -2.23. The summed E-state index contributed by atoms with van der Waals surface area (Å²) in [4.78, 5) is 0. The lowest BCUT2D eigenvalue weighted by Crippen LogP contribution is -2.31. The molecule has 0 spiro atoms. The summed E-state index contributed by atoms with van der Waals surface area (Å²) in [5, 5.41) is 10.3. The van der Waals surface area contributed by atoms with Crippen LogP contribution in [0.1, 0.15) is 26.7 Å². The van der Waals surface area contributed by atoms with Crippen LogP contribution < -0.4 is 0 Å². The van der Waals surface area contributed by atoms with E-state index in [4.69, 9.17) is 9.47 Å². The first kappa shape index (κ1) is 16.2. The second-order valence-corrected chi connectivity index (χ2v) is 5.06. The first-order valence-electron chi connectivity index (χ1n) is 6.92. The molecule has 0 unspecified atom stereocenters. The first-order chi connectivity index (χ1) is 9.15. The molecule has 0 saturated heterocycles. The van der Waals surface area contributed by atoms with Gasteiger partial charge in [0.25, 0.3) is 0 Å². The maximum atomic E-state index is 10.3. The third-order valence-electron chi connectivity index (χ3n) is 3.23. The highest BCUT2D eigenvalue weighted by atomic mass is 16.5. The summed E-state index contributed by atoms with van der Waals surface area (Å²) in [5.74, 6) is 0.0386. The Kier molecular flexibility index (Phi) is 7.72. The molecule has 0 bridgehead atoms. The zero-order chi connectivity index (χ0) is 14.1. The van der Waals surface area contributed by atoms with E-state index in [0.717, 1.165) is 18.4 Å². The maximum absolute atomic E-state index is 10.3. The monoisotopic (exact) mass is 266 g/mol. The van der Waals surface area contributed by atoms with Crippen molar-refractivity contribution in [1.82, 2.24) is 0 Å². The smallest absolute Gasteiger partial charge is 0.102 e. The van der Waals surface area contributed by atoms with E-state index in [9.17, 15) is 5.11 Å². The topological polar surface area (TPSA) is 38.7 Å². The summed E-state index contributed by atoms with van der Waals surface area (Å²) in [7, 11) is 1.63. The average Bonchev–Trinajstić information content (AvgIpc) is 2.39. The van der Waals surface area contributed by atoms with Crippen molar-refractivity contribution in [2.75, 3.05) is 20.3 Å². The molecule has 0 saturated carbocycles. The van der Waals surface area contributed by atoms with Gasteiger partial charge < -0.3 is 14.6 Å². The molecule has 1 rings (SSSR count). The van der Waals surface area contributed by atoms with E-state index >= 15 is 0 Å². The molecule has 0 aromatic heterocycles. The molecule has 0 aliphatic carbocycles. The van der Waals surface area contributed by atoms with Crippen LogP contribution in [-0.2, 0) is 9.47 Å². The molecule has 0 aromatic carbocycles. The van der Waals surface area contributed by atoms with Crippen molar-refractivity contribution in [2.45, 2.75) is 38.9 Å². The van der Waals surface area contributed by atoms with E-state index in [1.807, 2.05) is 19.9 Å². The van der Waals surface area contributed by atoms with Crippen LogP contribution in [0.15, 0.2) is 36.0 Å². The number of ether oxygens (including phenoxy) is 2. The van der Waals surface area contributed by atoms with Crippen molar-refractivity contribution in [2.24, 2.45) is 5.92 Å². The van der Waals surface area contributed by atoms with Crippen molar-refractivity contribution in [3.8, 4) is 0 Å². The van der Waals surface area contributed by atoms with Crippen LogP contribution in [0.5, 0.6) is 0 Å². The summed E-state index contributed by atoms with van der Waals surface area (Å²) in [6.07, 6.45) is 11.4. The van der Waals surface area contributed by atoms with Gasteiger partial charge in [0.05, 0.1) is 19.3 Å². The Morgan fingerprint density at radius 1 is 1.26 bits per heavy atom. The van der Waals surface area contributed by atoms with E-state index in [1.165, 1.54) is 0 Å². The Bertz CT molecular complexity index is 331. The minimum Gasteiger partial charge on any atom is -0.389 e. The average molecular weight is 266 g/mol. The fraction of sp³-hybridized carbons (Fsp3) is 0.625. The highest BCUT2D eigenvalue weighted by Gasteiger charge is 2.21. The van der Waals surface area contributed by atoms with Gasteiger partial charge in [-0.2, -0.15) is 0 Å². The summed E-state index contributed by atoms with van der Waals surface area (Å²) >= 11 is 0. The molecule has 0 fully saturated rings. The molecule has 1 N–H and O–H groups in total. The summed E-state index contributed by atoms with van der Waals surface area (Å²) in [6.45, 7) is 5.28. The normalized spacial score (nSPS) is 30.7. The van der Waals surface area contributed by atoms with E-state index in [-0.39, 0.29) is 12.0 Å². The third-order valence-corrected chi connectivity index (χ3v) is 3.23. The maximum Gasteiger partial charge on any atom is 0.102 e. The van der Waals surface area contributed by atoms with Crippen LogP contribution in [0.4, 0.5) is 0 Å². The van der Waals surface area contributed by atoms with Gasteiger partial charge in [-0.15, -0.1) is 0 Å². The van der Waals surface area contributed by atoms with E-state index in [0.29, 0.717) is 13.2 Å². The molecule has 0 amide bonds. The molecule has 0 aromatic rings. The molecular formula is C16H26O3. The predicted octanol–water partition coefficient (Wildman–Crippen LogP) is 2.87. The largest absolute Gasteiger partial charge is 0.389 e. The molecule has 3 atom stereocenters. The van der Waals surface area contributed by atoms with Crippen LogP contribution >= 0.6 is 0 Å². The van der Waals surface area contributed by atoms with Crippen LogP contribution in [0.25, 0.3) is 0 Å². The van der Waals surface area contributed by atoms with Crippen LogP contribution in [0.2, 0.25) is 0 Å². The number of methoxy groups -OCH3 is 1. The Hall–Kier alpha value is -0.900. The molecule has 1 aliphatic rings.